The van der Waals surface area contributed by atoms with Crippen molar-refractivity contribution in [3.05, 3.63) is 29.8 Å². The topological polar surface area (TPSA) is 44.5 Å². The lowest BCUT2D eigenvalue weighted by molar-refractivity contribution is -0.0447. The van der Waals surface area contributed by atoms with Crippen molar-refractivity contribution in [2.75, 3.05) is 13.7 Å². The Morgan fingerprint density at radius 2 is 1.81 bits per heavy atom. The summed E-state index contributed by atoms with van der Waals surface area (Å²) >= 11 is 0. The third-order valence-corrected chi connectivity index (χ3v) is 4.64. The van der Waals surface area contributed by atoms with Gasteiger partial charge in [0, 0.05) is 12.7 Å². The first-order valence-electron chi connectivity index (χ1n) is 8.26. The fraction of sp³-hybridized carbons (Fsp3) is 0.667. The molecule has 1 aliphatic rings. The molecule has 3 nitrogen and oxygen atoms in total. The van der Waals surface area contributed by atoms with Crippen LogP contribution in [0.4, 0.5) is 0 Å². The number of ether oxygens (including phenoxy) is 2. The summed E-state index contributed by atoms with van der Waals surface area (Å²) in [5, 5.41) is 0. The molecule has 1 aromatic rings. The molecule has 0 spiro atoms. The maximum Gasteiger partial charge on any atom is 0.124 e. The first-order chi connectivity index (χ1) is 10.2. The van der Waals surface area contributed by atoms with Gasteiger partial charge in [-0.15, -0.1) is 0 Å². The first kappa shape index (κ1) is 16.3. The zero-order chi connectivity index (χ0) is 15.1. The van der Waals surface area contributed by atoms with Crippen LogP contribution in [0.3, 0.4) is 0 Å². The largest absolute Gasteiger partial charge is 0.493 e. The molecule has 1 aliphatic carbocycles. The number of rotatable bonds is 6. The third-order valence-electron chi connectivity index (χ3n) is 4.64. The number of benzene rings is 1. The van der Waals surface area contributed by atoms with E-state index >= 15 is 0 Å². The van der Waals surface area contributed by atoms with Crippen LogP contribution in [-0.2, 0) is 4.74 Å². The SMILES string of the molecule is CCCOc1ccccc1C(N)C1(OC)CCCCCC1. The summed E-state index contributed by atoms with van der Waals surface area (Å²) in [6.07, 6.45) is 8.02. The summed E-state index contributed by atoms with van der Waals surface area (Å²) in [5.74, 6) is 0.910. The molecule has 1 unspecified atom stereocenters. The van der Waals surface area contributed by atoms with Crippen LogP contribution in [0.25, 0.3) is 0 Å². The minimum Gasteiger partial charge on any atom is -0.493 e. The summed E-state index contributed by atoms with van der Waals surface area (Å²) in [6, 6.07) is 8.02. The van der Waals surface area contributed by atoms with E-state index in [1.54, 1.807) is 7.11 Å². The van der Waals surface area contributed by atoms with Crippen LogP contribution >= 0.6 is 0 Å². The van der Waals surface area contributed by atoms with Gasteiger partial charge < -0.3 is 15.2 Å². The highest BCUT2D eigenvalue weighted by Gasteiger charge is 2.39. The smallest absolute Gasteiger partial charge is 0.124 e. The second-order valence-corrected chi connectivity index (χ2v) is 6.05. The minimum atomic E-state index is -0.248. The molecule has 1 atom stereocenters. The highest BCUT2D eigenvalue weighted by atomic mass is 16.5. The van der Waals surface area contributed by atoms with E-state index in [9.17, 15) is 0 Å². The summed E-state index contributed by atoms with van der Waals surface area (Å²) in [7, 11) is 1.81. The molecule has 0 aliphatic heterocycles. The van der Waals surface area contributed by atoms with Gasteiger partial charge in [-0.2, -0.15) is 0 Å². The molecule has 3 heteroatoms. The van der Waals surface area contributed by atoms with Gasteiger partial charge in [0.05, 0.1) is 18.2 Å². The van der Waals surface area contributed by atoms with Gasteiger partial charge in [-0.1, -0.05) is 50.8 Å². The first-order valence-corrected chi connectivity index (χ1v) is 8.26. The zero-order valence-electron chi connectivity index (χ0n) is 13.4. The molecule has 21 heavy (non-hydrogen) atoms. The van der Waals surface area contributed by atoms with E-state index in [0.717, 1.165) is 37.2 Å². The molecule has 0 radical (unpaired) electrons. The fourth-order valence-electron chi connectivity index (χ4n) is 3.33. The molecular formula is C18H29NO2. The molecule has 0 saturated heterocycles. The lowest BCUT2D eigenvalue weighted by Gasteiger charge is -2.38. The van der Waals surface area contributed by atoms with Crippen LogP contribution in [0.1, 0.15) is 63.5 Å². The lowest BCUT2D eigenvalue weighted by Crippen LogP contribution is -2.43. The molecule has 0 bridgehead atoms. The summed E-state index contributed by atoms with van der Waals surface area (Å²) in [4.78, 5) is 0. The third kappa shape index (κ3) is 3.78. The van der Waals surface area contributed by atoms with Gasteiger partial charge in [0.2, 0.25) is 0 Å². The number of nitrogens with two attached hydrogens (primary N) is 1. The van der Waals surface area contributed by atoms with Gasteiger partial charge in [-0.3, -0.25) is 0 Å². The monoisotopic (exact) mass is 291 g/mol. The van der Waals surface area contributed by atoms with Gasteiger partial charge in [0.15, 0.2) is 0 Å². The Balaban J connectivity index is 2.26. The van der Waals surface area contributed by atoms with Crippen molar-refractivity contribution in [3.8, 4) is 5.75 Å². The second kappa shape index (κ2) is 7.81. The second-order valence-electron chi connectivity index (χ2n) is 6.05. The van der Waals surface area contributed by atoms with Crippen LogP contribution in [0.5, 0.6) is 5.75 Å². The number of para-hydroxylation sites is 1. The van der Waals surface area contributed by atoms with E-state index in [2.05, 4.69) is 13.0 Å². The molecule has 0 amide bonds. The number of methoxy groups -OCH3 is 1. The van der Waals surface area contributed by atoms with Crippen LogP contribution in [0.15, 0.2) is 24.3 Å². The minimum absolute atomic E-state index is 0.131. The van der Waals surface area contributed by atoms with Crippen molar-refractivity contribution in [1.82, 2.24) is 0 Å². The van der Waals surface area contributed by atoms with Gasteiger partial charge in [-0.25, -0.2) is 0 Å². The highest BCUT2D eigenvalue weighted by molar-refractivity contribution is 5.37. The number of hydrogen-bond acceptors (Lipinski definition) is 3. The van der Waals surface area contributed by atoms with E-state index in [-0.39, 0.29) is 11.6 Å². The summed E-state index contributed by atoms with van der Waals surface area (Å²) < 4.78 is 11.8. The normalized spacial score (nSPS) is 19.8. The highest BCUT2D eigenvalue weighted by Crippen LogP contribution is 2.41. The van der Waals surface area contributed by atoms with Gasteiger partial charge in [0.1, 0.15) is 5.75 Å². The molecule has 0 aromatic heterocycles. The Bertz CT molecular complexity index is 425. The lowest BCUT2D eigenvalue weighted by atomic mass is 9.82. The fourth-order valence-corrected chi connectivity index (χ4v) is 3.33. The van der Waals surface area contributed by atoms with E-state index in [0.29, 0.717) is 0 Å². The maximum atomic E-state index is 6.65. The molecule has 1 fully saturated rings. The Kier molecular flexibility index (Phi) is 6.07. The van der Waals surface area contributed by atoms with Crippen molar-refractivity contribution in [3.63, 3.8) is 0 Å². The van der Waals surface area contributed by atoms with E-state index in [4.69, 9.17) is 15.2 Å². The number of hydrogen-bond donors (Lipinski definition) is 1. The van der Waals surface area contributed by atoms with Gasteiger partial charge in [-0.05, 0) is 25.3 Å². The summed E-state index contributed by atoms with van der Waals surface area (Å²) in [5.41, 5.74) is 7.48. The predicted molar refractivity (Wildman–Crippen MR) is 86.6 cm³/mol. The molecular weight excluding hydrogens is 262 g/mol. The van der Waals surface area contributed by atoms with Crippen LogP contribution in [-0.4, -0.2) is 19.3 Å². The molecule has 118 valence electrons. The van der Waals surface area contributed by atoms with Crippen LogP contribution in [0, 0.1) is 0 Å². The van der Waals surface area contributed by atoms with E-state index in [1.807, 2.05) is 18.2 Å². The van der Waals surface area contributed by atoms with Gasteiger partial charge in [0.25, 0.3) is 0 Å². The van der Waals surface area contributed by atoms with E-state index < -0.39 is 0 Å². The standard InChI is InChI=1S/C18H29NO2/c1-3-14-21-16-11-7-6-10-15(16)17(19)18(20-2)12-8-4-5-9-13-18/h6-7,10-11,17H,3-5,8-9,12-14,19H2,1-2H3. The Hall–Kier alpha value is -1.06. The van der Waals surface area contributed by atoms with Crippen molar-refractivity contribution >= 4 is 0 Å². The molecule has 2 rings (SSSR count). The predicted octanol–water partition coefficient (Wildman–Crippen LogP) is 4.21. The van der Waals surface area contributed by atoms with Crippen molar-refractivity contribution < 1.29 is 9.47 Å². The average molecular weight is 291 g/mol. The Morgan fingerprint density at radius 1 is 1.14 bits per heavy atom. The Labute approximate surface area is 128 Å². The average Bonchev–Trinajstić information content (AvgIpc) is 2.79. The molecule has 1 aromatic carbocycles. The van der Waals surface area contributed by atoms with Crippen molar-refractivity contribution in [2.24, 2.45) is 5.73 Å². The molecule has 0 heterocycles. The van der Waals surface area contributed by atoms with Gasteiger partial charge >= 0.3 is 0 Å². The maximum absolute atomic E-state index is 6.65. The van der Waals surface area contributed by atoms with Crippen molar-refractivity contribution in [1.29, 1.82) is 0 Å². The van der Waals surface area contributed by atoms with Crippen molar-refractivity contribution in [2.45, 2.75) is 63.5 Å². The van der Waals surface area contributed by atoms with Crippen LogP contribution < -0.4 is 10.5 Å². The molecule has 1 saturated carbocycles. The molecule has 2 N–H and O–H groups in total. The summed E-state index contributed by atoms with van der Waals surface area (Å²) in [6.45, 7) is 2.84. The quantitative estimate of drug-likeness (QED) is 0.798. The zero-order valence-corrected chi connectivity index (χ0v) is 13.4. The van der Waals surface area contributed by atoms with Crippen LogP contribution in [0.2, 0.25) is 0 Å². The Morgan fingerprint density at radius 3 is 2.43 bits per heavy atom. The van der Waals surface area contributed by atoms with E-state index in [1.165, 1.54) is 25.7 Å².